The quantitative estimate of drug-likeness (QED) is 0.348. The first-order valence-corrected chi connectivity index (χ1v) is 9.58. The van der Waals surface area contributed by atoms with Gasteiger partial charge in [0, 0.05) is 13.0 Å². The molecule has 0 fully saturated rings. The Morgan fingerprint density at radius 1 is 0.619 bits per heavy atom. The van der Waals surface area contributed by atoms with Crippen molar-refractivity contribution in [2.24, 2.45) is 0 Å². The van der Waals surface area contributed by atoms with Gasteiger partial charge in [0.25, 0.3) is 0 Å². The number of nitrogens with one attached hydrogen (secondary N) is 1. The highest BCUT2D eigenvalue weighted by molar-refractivity contribution is 5.75. The van der Waals surface area contributed by atoms with Crippen molar-refractivity contribution >= 4 is 5.91 Å². The second-order valence-corrected chi connectivity index (χ2v) is 6.34. The van der Waals surface area contributed by atoms with Crippen molar-refractivity contribution in [1.82, 2.24) is 5.32 Å². The van der Waals surface area contributed by atoms with Crippen molar-refractivity contribution in [3.63, 3.8) is 0 Å². The Bertz CT molecular complexity index is 216. The number of carbonyl (C=O) groups is 1. The van der Waals surface area contributed by atoms with E-state index in [1.165, 1.54) is 77.0 Å². The molecule has 0 atom stereocenters. The summed E-state index contributed by atoms with van der Waals surface area (Å²) >= 11 is 0. The van der Waals surface area contributed by atoms with Gasteiger partial charge in [-0.25, -0.2) is 0 Å². The maximum atomic E-state index is 11.6. The van der Waals surface area contributed by atoms with Crippen molar-refractivity contribution in [3.05, 3.63) is 0 Å². The van der Waals surface area contributed by atoms with Gasteiger partial charge in [0.15, 0.2) is 0 Å². The minimum absolute atomic E-state index is 0.256. The SMILES string of the molecule is CCCCCCCCCCCCC(=O)NCCCCCC. The fraction of sp³-hybridized carbons (Fsp3) is 0.947. The lowest BCUT2D eigenvalue weighted by Crippen LogP contribution is -2.23. The number of carbonyl (C=O) groups excluding carboxylic acids is 1. The van der Waals surface area contributed by atoms with Crippen LogP contribution in [0.1, 0.15) is 110 Å². The van der Waals surface area contributed by atoms with Crippen LogP contribution in [0, 0.1) is 0 Å². The van der Waals surface area contributed by atoms with Gasteiger partial charge in [0.05, 0.1) is 0 Å². The predicted molar refractivity (Wildman–Crippen MR) is 93.6 cm³/mol. The molecule has 1 N–H and O–H groups in total. The third kappa shape index (κ3) is 17.4. The number of rotatable bonds is 16. The first kappa shape index (κ1) is 20.5. The minimum atomic E-state index is 0.256. The summed E-state index contributed by atoms with van der Waals surface area (Å²) in [6.45, 7) is 5.35. The third-order valence-corrected chi connectivity index (χ3v) is 4.11. The maximum Gasteiger partial charge on any atom is 0.219 e. The standard InChI is InChI=1S/C19H39NO/c1-3-5-7-9-10-11-12-13-14-15-17-19(21)20-18-16-8-6-4-2/h3-18H2,1-2H3,(H,20,21). The smallest absolute Gasteiger partial charge is 0.219 e. The van der Waals surface area contributed by atoms with Crippen molar-refractivity contribution in [2.45, 2.75) is 110 Å². The summed E-state index contributed by atoms with van der Waals surface area (Å²) in [5.74, 6) is 0.256. The van der Waals surface area contributed by atoms with Crippen LogP contribution in [-0.4, -0.2) is 12.5 Å². The molecule has 0 radical (unpaired) electrons. The zero-order valence-corrected chi connectivity index (χ0v) is 14.7. The first-order chi connectivity index (χ1) is 10.3. The number of amides is 1. The van der Waals surface area contributed by atoms with Gasteiger partial charge in [0.2, 0.25) is 5.91 Å². The fourth-order valence-electron chi connectivity index (χ4n) is 2.64. The molecular formula is C19H39NO. The van der Waals surface area contributed by atoms with E-state index in [1.54, 1.807) is 0 Å². The summed E-state index contributed by atoms with van der Waals surface area (Å²) in [6, 6.07) is 0. The molecular weight excluding hydrogens is 258 g/mol. The molecule has 0 aromatic heterocycles. The minimum Gasteiger partial charge on any atom is -0.356 e. The number of hydrogen-bond acceptors (Lipinski definition) is 1. The lowest BCUT2D eigenvalue weighted by molar-refractivity contribution is -0.121. The lowest BCUT2D eigenvalue weighted by Gasteiger charge is -2.05. The monoisotopic (exact) mass is 297 g/mol. The van der Waals surface area contributed by atoms with Gasteiger partial charge < -0.3 is 5.32 Å². The zero-order chi connectivity index (χ0) is 15.6. The maximum absolute atomic E-state index is 11.6. The summed E-state index contributed by atoms with van der Waals surface area (Å²) in [7, 11) is 0. The zero-order valence-electron chi connectivity index (χ0n) is 14.7. The van der Waals surface area contributed by atoms with Gasteiger partial charge >= 0.3 is 0 Å². The molecule has 0 saturated carbocycles. The normalized spacial score (nSPS) is 10.8. The van der Waals surface area contributed by atoms with Crippen LogP contribution in [0.4, 0.5) is 0 Å². The molecule has 0 unspecified atom stereocenters. The topological polar surface area (TPSA) is 29.1 Å². The summed E-state index contributed by atoms with van der Waals surface area (Å²) in [5.41, 5.74) is 0. The Kier molecular flexibility index (Phi) is 17.1. The molecule has 0 heterocycles. The molecule has 126 valence electrons. The molecule has 0 aromatic rings. The number of unbranched alkanes of at least 4 members (excludes halogenated alkanes) is 12. The van der Waals surface area contributed by atoms with Crippen LogP contribution in [0.25, 0.3) is 0 Å². The summed E-state index contributed by atoms with van der Waals surface area (Å²) in [5, 5.41) is 3.03. The van der Waals surface area contributed by atoms with Crippen LogP contribution in [0.15, 0.2) is 0 Å². The van der Waals surface area contributed by atoms with Gasteiger partial charge in [-0.3, -0.25) is 4.79 Å². The molecule has 21 heavy (non-hydrogen) atoms. The van der Waals surface area contributed by atoms with E-state index in [-0.39, 0.29) is 5.91 Å². The van der Waals surface area contributed by atoms with E-state index < -0.39 is 0 Å². The highest BCUT2D eigenvalue weighted by Crippen LogP contribution is 2.11. The molecule has 1 amide bonds. The van der Waals surface area contributed by atoms with Crippen molar-refractivity contribution in [1.29, 1.82) is 0 Å². The Morgan fingerprint density at radius 2 is 1.05 bits per heavy atom. The molecule has 0 bridgehead atoms. The Labute approximate surface area is 133 Å². The average Bonchev–Trinajstić information content (AvgIpc) is 2.49. The van der Waals surface area contributed by atoms with Gasteiger partial charge in [-0.05, 0) is 12.8 Å². The van der Waals surface area contributed by atoms with E-state index in [2.05, 4.69) is 19.2 Å². The number of hydrogen-bond donors (Lipinski definition) is 1. The third-order valence-electron chi connectivity index (χ3n) is 4.11. The second kappa shape index (κ2) is 17.5. The van der Waals surface area contributed by atoms with E-state index in [4.69, 9.17) is 0 Å². The van der Waals surface area contributed by atoms with Gasteiger partial charge in [0.1, 0.15) is 0 Å². The van der Waals surface area contributed by atoms with Crippen LogP contribution in [-0.2, 0) is 4.79 Å². The fourth-order valence-corrected chi connectivity index (χ4v) is 2.64. The molecule has 0 aliphatic heterocycles. The molecule has 0 rings (SSSR count). The first-order valence-electron chi connectivity index (χ1n) is 9.58. The van der Waals surface area contributed by atoms with Crippen LogP contribution >= 0.6 is 0 Å². The summed E-state index contributed by atoms with van der Waals surface area (Å²) < 4.78 is 0. The van der Waals surface area contributed by atoms with Crippen LogP contribution in [0.3, 0.4) is 0 Å². The highest BCUT2D eigenvalue weighted by atomic mass is 16.1. The average molecular weight is 298 g/mol. The highest BCUT2D eigenvalue weighted by Gasteiger charge is 2.00. The molecule has 0 aliphatic carbocycles. The summed E-state index contributed by atoms with van der Waals surface area (Å²) in [4.78, 5) is 11.6. The van der Waals surface area contributed by atoms with Crippen molar-refractivity contribution in [2.75, 3.05) is 6.54 Å². The molecule has 0 saturated heterocycles. The van der Waals surface area contributed by atoms with Crippen molar-refractivity contribution in [3.8, 4) is 0 Å². The van der Waals surface area contributed by atoms with E-state index in [0.717, 1.165) is 25.8 Å². The van der Waals surface area contributed by atoms with Crippen LogP contribution in [0.5, 0.6) is 0 Å². The van der Waals surface area contributed by atoms with Crippen LogP contribution in [0.2, 0.25) is 0 Å². The molecule has 2 heteroatoms. The predicted octanol–water partition coefficient (Wildman–Crippen LogP) is 5.99. The van der Waals surface area contributed by atoms with Gasteiger partial charge in [-0.2, -0.15) is 0 Å². The second-order valence-electron chi connectivity index (χ2n) is 6.34. The molecule has 0 spiro atoms. The van der Waals surface area contributed by atoms with Gasteiger partial charge in [-0.15, -0.1) is 0 Å². The van der Waals surface area contributed by atoms with Crippen LogP contribution < -0.4 is 5.32 Å². The van der Waals surface area contributed by atoms with E-state index >= 15 is 0 Å². The Balaban J connectivity index is 3.11. The van der Waals surface area contributed by atoms with Crippen molar-refractivity contribution < 1.29 is 4.79 Å². The molecule has 0 aromatic carbocycles. The van der Waals surface area contributed by atoms with E-state index in [1.807, 2.05) is 0 Å². The molecule has 2 nitrogen and oxygen atoms in total. The van der Waals surface area contributed by atoms with E-state index in [0.29, 0.717) is 0 Å². The largest absolute Gasteiger partial charge is 0.356 e. The Morgan fingerprint density at radius 3 is 1.57 bits per heavy atom. The van der Waals surface area contributed by atoms with Gasteiger partial charge in [-0.1, -0.05) is 90.9 Å². The molecule has 0 aliphatic rings. The lowest BCUT2D eigenvalue weighted by atomic mass is 10.1. The summed E-state index contributed by atoms with van der Waals surface area (Å²) in [6.07, 6.45) is 18.9. The van der Waals surface area contributed by atoms with E-state index in [9.17, 15) is 4.79 Å². The Hall–Kier alpha value is -0.530.